The van der Waals surface area contributed by atoms with Crippen LogP contribution in [0, 0.1) is 0 Å². The summed E-state index contributed by atoms with van der Waals surface area (Å²) < 4.78 is 5.51. The predicted molar refractivity (Wildman–Crippen MR) is 70.4 cm³/mol. The Morgan fingerprint density at radius 1 is 1.28 bits per heavy atom. The van der Waals surface area contributed by atoms with Crippen molar-refractivity contribution in [1.29, 1.82) is 0 Å². The van der Waals surface area contributed by atoms with Crippen LogP contribution in [0.15, 0.2) is 18.2 Å². The number of rotatable bonds is 2. The van der Waals surface area contributed by atoms with E-state index >= 15 is 0 Å². The van der Waals surface area contributed by atoms with Crippen molar-refractivity contribution in [2.24, 2.45) is 0 Å². The Bertz CT molecular complexity index is 453. The first kappa shape index (κ1) is 11.5. The fourth-order valence-corrected chi connectivity index (χ4v) is 2.57. The SMILES string of the molecule is O=C(c1ccc2c(c1)NCCO2)C1CCCCN1. The summed E-state index contributed by atoms with van der Waals surface area (Å²) in [6.07, 6.45) is 3.25. The molecule has 0 saturated carbocycles. The molecule has 2 aliphatic heterocycles. The van der Waals surface area contributed by atoms with Crippen LogP contribution < -0.4 is 15.4 Å². The Hall–Kier alpha value is -1.55. The molecule has 1 aromatic rings. The van der Waals surface area contributed by atoms with Gasteiger partial charge >= 0.3 is 0 Å². The number of Topliss-reactive ketones (excluding diaryl/α,β-unsaturated/α-hetero) is 1. The van der Waals surface area contributed by atoms with Crippen LogP contribution in [0.4, 0.5) is 5.69 Å². The summed E-state index contributed by atoms with van der Waals surface area (Å²) in [6.45, 7) is 2.43. The molecule has 2 heterocycles. The highest BCUT2D eigenvalue weighted by Gasteiger charge is 2.23. The Morgan fingerprint density at radius 2 is 2.22 bits per heavy atom. The van der Waals surface area contributed by atoms with Gasteiger partial charge in [-0.25, -0.2) is 0 Å². The molecule has 1 fully saturated rings. The number of anilines is 1. The van der Waals surface area contributed by atoms with Crippen LogP contribution in [-0.4, -0.2) is 31.5 Å². The van der Waals surface area contributed by atoms with Gasteiger partial charge in [-0.1, -0.05) is 6.42 Å². The fraction of sp³-hybridized carbons (Fsp3) is 0.500. The summed E-state index contributed by atoms with van der Waals surface area (Å²) in [5.41, 5.74) is 1.70. The second-order valence-corrected chi connectivity index (χ2v) is 4.85. The van der Waals surface area contributed by atoms with Crippen LogP contribution in [0.25, 0.3) is 0 Å². The van der Waals surface area contributed by atoms with Gasteiger partial charge in [-0.05, 0) is 37.6 Å². The van der Waals surface area contributed by atoms with E-state index in [1.807, 2.05) is 18.2 Å². The topological polar surface area (TPSA) is 50.4 Å². The molecule has 1 unspecified atom stereocenters. The standard InChI is InChI=1S/C14H18N2O2/c17-14(11-3-1-2-6-15-11)10-4-5-13-12(9-10)16-7-8-18-13/h4-5,9,11,15-16H,1-3,6-8H2. The molecule has 0 bridgehead atoms. The molecular formula is C14H18N2O2. The van der Waals surface area contributed by atoms with Crippen molar-refractivity contribution in [3.05, 3.63) is 23.8 Å². The Kier molecular flexibility index (Phi) is 3.19. The van der Waals surface area contributed by atoms with Gasteiger partial charge in [-0.2, -0.15) is 0 Å². The van der Waals surface area contributed by atoms with Gasteiger partial charge in [0.2, 0.25) is 0 Å². The van der Waals surface area contributed by atoms with Crippen molar-refractivity contribution in [2.75, 3.05) is 25.0 Å². The average molecular weight is 246 g/mol. The number of carbonyl (C=O) groups excluding carboxylic acids is 1. The molecule has 0 amide bonds. The van der Waals surface area contributed by atoms with Crippen molar-refractivity contribution in [3.63, 3.8) is 0 Å². The van der Waals surface area contributed by atoms with Crippen LogP contribution in [0.5, 0.6) is 5.75 Å². The number of ketones is 1. The highest BCUT2D eigenvalue weighted by atomic mass is 16.5. The third kappa shape index (κ3) is 2.20. The number of benzene rings is 1. The minimum atomic E-state index is -0.0127. The second kappa shape index (κ2) is 4.98. The zero-order valence-corrected chi connectivity index (χ0v) is 10.4. The van der Waals surface area contributed by atoms with Crippen molar-refractivity contribution in [1.82, 2.24) is 5.32 Å². The number of fused-ring (bicyclic) bond motifs is 1. The maximum absolute atomic E-state index is 12.4. The monoisotopic (exact) mass is 246 g/mol. The van der Waals surface area contributed by atoms with Gasteiger partial charge in [0.15, 0.2) is 5.78 Å². The molecule has 4 heteroatoms. The zero-order valence-electron chi connectivity index (χ0n) is 10.4. The number of piperidine rings is 1. The Morgan fingerprint density at radius 3 is 3.06 bits per heavy atom. The molecule has 18 heavy (non-hydrogen) atoms. The van der Waals surface area contributed by atoms with Gasteiger partial charge in [0.1, 0.15) is 12.4 Å². The highest BCUT2D eigenvalue weighted by molar-refractivity contribution is 6.01. The fourth-order valence-electron chi connectivity index (χ4n) is 2.57. The Labute approximate surface area is 107 Å². The molecule has 4 nitrogen and oxygen atoms in total. The number of carbonyl (C=O) groups is 1. The lowest BCUT2D eigenvalue weighted by molar-refractivity contribution is 0.0927. The number of hydrogen-bond donors (Lipinski definition) is 2. The molecule has 1 saturated heterocycles. The third-order valence-corrected chi connectivity index (χ3v) is 3.57. The molecule has 1 atom stereocenters. The van der Waals surface area contributed by atoms with E-state index in [2.05, 4.69) is 10.6 Å². The van der Waals surface area contributed by atoms with Gasteiger partial charge in [-0.15, -0.1) is 0 Å². The average Bonchev–Trinajstić information content (AvgIpc) is 2.47. The normalized spacial score (nSPS) is 22.6. The maximum Gasteiger partial charge on any atom is 0.179 e. The molecule has 96 valence electrons. The van der Waals surface area contributed by atoms with Crippen LogP contribution in [0.1, 0.15) is 29.6 Å². The van der Waals surface area contributed by atoms with Crippen molar-refractivity contribution in [3.8, 4) is 5.75 Å². The van der Waals surface area contributed by atoms with E-state index in [4.69, 9.17) is 4.74 Å². The first-order valence-electron chi connectivity index (χ1n) is 6.63. The predicted octanol–water partition coefficient (Wildman–Crippen LogP) is 1.82. The van der Waals surface area contributed by atoms with Crippen LogP contribution in [0.3, 0.4) is 0 Å². The van der Waals surface area contributed by atoms with E-state index in [1.54, 1.807) is 0 Å². The highest BCUT2D eigenvalue weighted by Crippen LogP contribution is 2.28. The lowest BCUT2D eigenvalue weighted by Gasteiger charge is -2.23. The van der Waals surface area contributed by atoms with Gasteiger partial charge in [-0.3, -0.25) is 4.79 Å². The smallest absolute Gasteiger partial charge is 0.179 e. The first-order chi connectivity index (χ1) is 8.84. The van der Waals surface area contributed by atoms with Crippen molar-refractivity contribution in [2.45, 2.75) is 25.3 Å². The molecular weight excluding hydrogens is 228 g/mol. The van der Waals surface area contributed by atoms with E-state index in [9.17, 15) is 4.79 Å². The second-order valence-electron chi connectivity index (χ2n) is 4.85. The van der Waals surface area contributed by atoms with Crippen LogP contribution in [0.2, 0.25) is 0 Å². The first-order valence-corrected chi connectivity index (χ1v) is 6.63. The van der Waals surface area contributed by atoms with Gasteiger partial charge in [0.25, 0.3) is 0 Å². The molecule has 0 aromatic heterocycles. The molecule has 0 spiro atoms. The van der Waals surface area contributed by atoms with E-state index in [0.717, 1.165) is 42.9 Å². The molecule has 0 aliphatic carbocycles. The minimum absolute atomic E-state index is 0.0127. The largest absolute Gasteiger partial charge is 0.490 e. The number of hydrogen-bond acceptors (Lipinski definition) is 4. The summed E-state index contributed by atoms with van der Waals surface area (Å²) in [5.74, 6) is 1.04. The lowest BCUT2D eigenvalue weighted by atomic mass is 9.96. The maximum atomic E-state index is 12.4. The van der Waals surface area contributed by atoms with E-state index in [0.29, 0.717) is 6.61 Å². The number of ether oxygens (including phenoxy) is 1. The zero-order chi connectivity index (χ0) is 12.4. The van der Waals surface area contributed by atoms with Crippen molar-refractivity contribution < 1.29 is 9.53 Å². The van der Waals surface area contributed by atoms with Crippen LogP contribution >= 0.6 is 0 Å². The quantitative estimate of drug-likeness (QED) is 0.781. The third-order valence-electron chi connectivity index (χ3n) is 3.57. The molecule has 2 aliphatic rings. The van der Waals surface area contributed by atoms with Gasteiger partial charge in [0.05, 0.1) is 11.7 Å². The lowest BCUT2D eigenvalue weighted by Crippen LogP contribution is -2.40. The summed E-state index contributed by atoms with van der Waals surface area (Å²) in [5, 5.41) is 6.56. The van der Waals surface area contributed by atoms with E-state index in [1.165, 1.54) is 6.42 Å². The summed E-state index contributed by atoms with van der Waals surface area (Å²) in [7, 11) is 0. The summed E-state index contributed by atoms with van der Waals surface area (Å²) in [6, 6.07) is 5.65. The van der Waals surface area contributed by atoms with Gasteiger partial charge < -0.3 is 15.4 Å². The Balaban J connectivity index is 1.80. The van der Waals surface area contributed by atoms with E-state index < -0.39 is 0 Å². The van der Waals surface area contributed by atoms with E-state index in [-0.39, 0.29) is 11.8 Å². The molecule has 1 aromatic carbocycles. The summed E-state index contributed by atoms with van der Waals surface area (Å²) >= 11 is 0. The molecule has 0 radical (unpaired) electrons. The summed E-state index contributed by atoms with van der Waals surface area (Å²) in [4.78, 5) is 12.4. The van der Waals surface area contributed by atoms with Crippen molar-refractivity contribution >= 4 is 11.5 Å². The van der Waals surface area contributed by atoms with Gasteiger partial charge in [0, 0.05) is 12.1 Å². The minimum Gasteiger partial charge on any atom is -0.490 e. The molecule has 2 N–H and O–H groups in total. The number of nitrogens with one attached hydrogen (secondary N) is 2. The molecule has 3 rings (SSSR count). The van der Waals surface area contributed by atoms with Crippen LogP contribution in [-0.2, 0) is 0 Å².